The van der Waals surface area contributed by atoms with Crippen LogP contribution in [0.15, 0.2) is 18.2 Å². The van der Waals surface area contributed by atoms with Gasteiger partial charge < -0.3 is 14.2 Å². The third kappa shape index (κ3) is 1.48. The van der Waals surface area contributed by atoms with Gasteiger partial charge in [0.05, 0.1) is 20.6 Å². The summed E-state index contributed by atoms with van der Waals surface area (Å²) in [5.41, 5.74) is 1.41. The summed E-state index contributed by atoms with van der Waals surface area (Å²) in [6, 6.07) is 5.45. The van der Waals surface area contributed by atoms with Crippen LogP contribution in [-0.4, -0.2) is 25.2 Å². The SMILES string of the molecule is COc1ccc(OC)c2nc3c(cc12)CC(=O)O3. The van der Waals surface area contributed by atoms with E-state index in [4.69, 9.17) is 14.2 Å². The Morgan fingerprint density at radius 1 is 1.22 bits per heavy atom. The normalized spacial score (nSPS) is 13.3. The summed E-state index contributed by atoms with van der Waals surface area (Å²) >= 11 is 0. The second-order valence-corrected chi connectivity index (χ2v) is 3.97. The van der Waals surface area contributed by atoms with E-state index in [1.807, 2.05) is 12.1 Å². The summed E-state index contributed by atoms with van der Waals surface area (Å²) in [5, 5.41) is 0.814. The maximum atomic E-state index is 11.3. The predicted octanol–water partition coefficient (Wildman–Crippen LogP) is 1.71. The molecule has 0 atom stereocenters. The molecule has 0 unspecified atom stereocenters. The summed E-state index contributed by atoms with van der Waals surface area (Å²) in [6.07, 6.45) is 0.249. The number of carbonyl (C=O) groups excluding carboxylic acids is 1. The standard InChI is InChI=1S/C13H11NO4/c1-16-9-3-4-10(17-2)12-8(9)5-7-6-11(15)18-13(7)14-12/h3-5H,6H2,1-2H3. The van der Waals surface area contributed by atoms with E-state index in [2.05, 4.69) is 4.98 Å². The molecule has 2 heterocycles. The average molecular weight is 245 g/mol. The number of rotatable bonds is 2. The van der Waals surface area contributed by atoms with Crippen LogP contribution in [0.25, 0.3) is 10.9 Å². The van der Waals surface area contributed by atoms with Crippen LogP contribution in [0.5, 0.6) is 17.4 Å². The summed E-state index contributed by atoms with van der Waals surface area (Å²) in [5.74, 6) is 1.39. The number of hydrogen-bond acceptors (Lipinski definition) is 5. The molecule has 92 valence electrons. The molecule has 1 aromatic heterocycles. The smallest absolute Gasteiger partial charge is 0.317 e. The average Bonchev–Trinajstić information content (AvgIpc) is 2.73. The second kappa shape index (κ2) is 3.87. The third-order valence-corrected chi connectivity index (χ3v) is 2.93. The van der Waals surface area contributed by atoms with Crippen molar-refractivity contribution in [1.82, 2.24) is 4.98 Å². The molecule has 0 radical (unpaired) electrons. The van der Waals surface area contributed by atoms with Crippen LogP contribution in [0.4, 0.5) is 0 Å². The molecular formula is C13H11NO4. The van der Waals surface area contributed by atoms with Gasteiger partial charge in [-0.3, -0.25) is 4.79 Å². The van der Waals surface area contributed by atoms with E-state index in [9.17, 15) is 4.79 Å². The number of carbonyl (C=O) groups is 1. The molecule has 0 bridgehead atoms. The lowest BCUT2D eigenvalue weighted by atomic mass is 10.1. The van der Waals surface area contributed by atoms with Crippen molar-refractivity contribution in [2.75, 3.05) is 14.2 Å². The number of ether oxygens (including phenoxy) is 3. The van der Waals surface area contributed by atoms with Crippen LogP contribution >= 0.6 is 0 Å². The lowest BCUT2D eigenvalue weighted by molar-refractivity contribution is -0.132. The van der Waals surface area contributed by atoms with Crippen molar-refractivity contribution in [2.45, 2.75) is 6.42 Å². The number of benzene rings is 1. The number of esters is 1. The van der Waals surface area contributed by atoms with Gasteiger partial charge in [-0.2, -0.15) is 0 Å². The van der Waals surface area contributed by atoms with Gasteiger partial charge in [0.25, 0.3) is 0 Å². The Kier molecular flexibility index (Phi) is 2.33. The second-order valence-electron chi connectivity index (χ2n) is 3.97. The minimum Gasteiger partial charge on any atom is -0.496 e. The zero-order chi connectivity index (χ0) is 12.7. The molecule has 18 heavy (non-hydrogen) atoms. The van der Waals surface area contributed by atoms with Crippen molar-refractivity contribution in [1.29, 1.82) is 0 Å². The predicted molar refractivity (Wildman–Crippen MR) is 64.2 cm³/mol. The van der Waals surface area contributed by atoms with Gasteiger partial charge in [0.2, 0.25) is 5.88 Å². The Hall–Kier alpha value is -2.30. The van der Waals surface area contributed by atoms with Crippen LogP contribution in [0.3, 0.4) is 0 Å². The molecule has 0 amide bonds. The van der Waals surface area contributed by atoms with E-state index in [1.54, 1.807) is 20.3 Å². The molecule has 5 nitrogen and oxygen atoms in total. The van der Waals surface area contributed by atoms with Crippen molar-refractivity contribution >= 4 is 16.9 Å². The highest BCUT2D eigenvalue weighted by Crippen LogP contribution is 2.36. The van der Waals surface area contributed by atoms with E-state index >= 15 is 0 Å². The molecule has 0 saturated heterocycles. The molecule has 1 aliphatic rings. The number of hydrogen-bond donors (Lipinski definition) is 0. The van der Waals surface area contributed by atoms with E-state index in [0.29, 0.717) is 22.9 Å². The zero-order valence-corrected chi connectivity index (χ0v) is 10.0. The first-order chi connectivity index (χ1) is 8.72. The van der Waals surface area contributed by atoms with Gasteiger partial charge in [-0.15, -0.1) is 0 Å². The summed E-state index contributed by atoms with van der Waals surface area (Å²) < 4.78 is 15.6. The number of aromatic nitrogens is 1. The quantitative estimate of drug-likeness (QED) is 0.754. The van der Waals surface area contributed by atoms with E-state index in [0.717, 1.165) is 10.9 Å². The zero-order valence-electron chi connectivity index (χ0n) is 10.0. The van der Waals surface area contributed by atoms with Crippen LogP contribution < -0.4 is 14.2 Å². The highest BCUT2D eigenvalue weighted by Gasteiger charge is 2.24. The monoisotopic (exact) mass is 245 g/mol. The van der Waals surface area contributed by atoms with Crippen molar-refractivity contribution in [3.8, 4) is 17.4 Å². The van der Waals surface area contributed by atoms with Crippen molar-refractivity contribution in [3.05, 3.63) is 23.8 Å². The minimum absolute atomic E-state index is 0.249. The fourth-order valence-corrected chi connectivity index (χ4v) is 2.09. The Morgan fingerprint density at radius 3 is 2.67 bits per heavy atom. The van der Waals surface area contributed by atoms with Crippen molar-refractivity contribution < 1.29 is 19.0 Å². The van der Waals surface area contributed by atoms with Crippen LogP contribution in [0.1, 0.15) is 5.56 Å². The van der Waals surface area contributed by atoms with Crippen LogP contribution in [0, 0.1) is 0 Å². The van der Waals surface area contributed by atoms with Crippen LogP contribution in [0.2, 0.25) is 0 Å². The molecule has 0 aliphatic carbocycles. The number of pyridine rings is 1. The first-order valence-electron chi connectivity index (χ1n) is 5.48. The highest BCUT2D eigenvalue weighted by atomic mass is 16.5. The van der Waals surface area contributed by atoms with Gasteiger partial charge in [-0.25, -0.2) is 4.98 Å². The molecule has 0 fully saturated rings. The van der Waals surface area contributed by atoms with E-state index in [-0.39, 0.29) is 12.4 Å². The minimum atomic E-state index is -0.286. The van der Waals surface area contributed by atoms with Crippen molar-refractivity contribution in [2.24, 2.45) is 0 Å². The summed E-state index contributed by atoms with van der Waals surface area (Å²) in [6.45, 7) is 0. The molecule has 3 rings (SSSR count). The molecule has 1 aliphatic heterocycles. The highest BCUT2D eigenvalue weighted by molar-refractivity contribution is 5.93. The summed E-state index contributed by atoms with van der Waals surface area (Å²) in [4.78, 5) is 15.6. The van der Waals surface area contributed by atoms with Gasteiger partial charge in [0, 0.05) is 10.9 Å². The molecule has 0 saturated carbocycles. The molecule has 0 N–H and O–H groups in total. The fraction of sp³-hybridized carbons (Fsp3) is 0.231. The molecule has 5 heteroatoms. The first kappa shape index (κ1) is 10.8. The number of nitrogens with zero attached hydrogens (tertiary/aromatic N) is 1. The Morgan fingerprint density at radius 2 is 1.94 bits per heavy atom. The Labute approximate surface area is 103 Å². The van der Waals surface area contributed by atoms with Gasteiger partial charge in [0.15, 0.2) is 0 Å². The van der Waals surface area contributed by atoms with Crippen LogP contribution in [-0.2, 0) is 11.2 Å². The molecular weight excluding hydrogens is 234 g/mol. The topological polar surface area (TPSA) is 57.7 Å². The maximum absolute atomic E-state index is 11.3. The number of fused-ring (bicyclic) bond motifs is 2. The largest absolute Gasteiger partial charge is 0.496 e. The Bertz CT molecular complexity index is 596. The molecule has 2 aromatic rings. The van der Waals surface area contributed by atoms with Crippen molar-refractivity contribution in [3.63, 3.8) is 0 Å². The van der Waals surface area contributed by atoms with Gasteiger partial charge in [-0.05, 0) is 18.2 Å². The maximum Gasteiger partial charge on any atom is 0.317 e. The molecule has 0 spiro atoms. The third-order valence-electron chi connectivity index (χ3n) is 2.93. The van der Waals surface area contributed by atoms with Gasteiger partial charge >= 0.3 is 5.97 Å². The number of methoxy groups -OCH3 is 2. The van der Waals surface area contributed by atoms with Gasteiger partial charge in [0.1, 0.15) is 17.0 Å². The Balaban J connectivity index is 2.33. The lowest BCUT2D eigenvalue weighted by Gasteiger charge is -2.09. The lowest BCUT2D eigenvalue weighted by Crippen LogP contribution is -2.00. The van der Waals surface area contributed by atoms with E-state index in [1.165, 1.54) is 0 Å². The molecule has 1 aromatic carbocycles. The van der Waals surface area contributed by atoms with E-state index < -0.39 is 0 Å². The van der Waals surface area contributed by atoms with Gasteiger partial charge in [-0.1, -0.05) is 0 Å². The summed E-state index contributed by atoms with van der Waals surface area (Å²) in [7, 11) is 3.16. The first-order valence-corrected chi connectivity index (χ1v) is 5.48. The fourth-order valence-electron chi connectivity index (χ4n) is 2.09.